The van der Waals surface area contributed by atoms with E-state index >= 15 is 0 Å². The molecule has 0 bridgehead atoms. The van der Waals surface area contributed by atoms with Crippen LogP contribution in [0.3, 0.4) is 0 Å². The van der Waals surface area contributed by atoms with Crippen molar-refractivity contribution in [3.63, 3.8) is 0 Å². The summed E-state index contributed by atoms with van der Waals surface area (Å²) in [5, 5.41) is 3.39. The average Bonchev–Trinajstić information content (AvgIpc) is 2.33. The Balaban J connectivity index is 0.00000154. The van der Waals surface area contributed by atoms with Crippen LogP contribution in [0, 0.1) is 5.82 Å². The molecule has 1 atom stereocenters. The summed E-state index contributed by atoms with van der Waals surface area (Å²) in [6.07, 6.45) is 0.738. The lowest BCUT2D eigenvalue weighted by Crippen LogP contribution is -2.34. The summed E-state index contributed by atoms with van der Waals surface area (Å²) < 4.78 is 13.9. The van der Waals surface area contributed by atoms with Crippen molar-refractivity contribution >= 4 is 0 Å². The lowest BCUT2D eigenvalue weighted by Gasteiger charge is -2.17. The van der Waals surface area contributed by atoms with Crippen LogP contribution in [-0.2, 0) is 6.42 Å². The molecule has 19 heavy (non-hydrogen) atoms. The highest BCUT2D eigenvalue weighted by Crippen LogP contribution is 2.19. The van der Waals surface area contributed by atoms with Crippen LogP contribution in [0.25, 0.3) is 0 Å². The minimum absolute atomic E-state index is 0.0754. The second kappa shape index (κ2) is 9.08. The molecule has 1 nitrogen and oxygen atoms in total. The summed E-state index contributed by atoms with van der Waals surface area (Å²) in [6.45, 7) is 14.5. The van der Waals surface area contributed by atoms with Crippen LogP contribution < -0.4 is 5.32 Å². The predicted octanol–water partition coefficient (Wildman–Crippen LogP) is 4.90. The quantitative estimate of drug-likeness (QED) is 0.799. The van der Waals surface area contributed by atoms with Crippen molar-refractivity contribution in [3.8, 4) is 0 Å². The second-order valence-corrected chi connectivity index (χ2v) is 5.43. The third-order valence-electron chi connectivity index (χ3n) is 2.89. The Morgan fingerprint density at radius 3 is 2.05 bits per heavy atom. The second-order valence-electron chi connectivity index (χ2n) is 5.43. The van der Waals surface area contributed by atoms with Gasteiger partial charge in [0.25, 0.3) is 0 Å². The van der Waals surface area contributed by atoms with E-state index in [9.17, 15) is 4.39 Å². The Hall–Kier alpha value is -0.890. The van der Waals surface area contributed by atoms with E-state index in [0.29, 0.717) is 18.0 Å². The van der Waals surface area contributed by atoms with Gasteiger partial charge in [0.1, 0.15) is 5.82 Å². The molecule has 0 aliphatic rings. The van der Waals surface area contributed by atoms with Crippen LogP contribution in [0.15, 0.2) is 18.2 Å². The molecule has 0 heterocycles. The molecule has 0 aromatic heterocycles. The largest absolute Gasteiger partial charge is 0.312 e. The lowest BCUT2D eigenvalue weighted by molar-refractivity contribution is 0.478. The topological polar surface area (TPSA) is 12.0 Å². The van der Waals surface area contributed by atoms with Gasteiger partial charge in [-0.2, -0.15) is 0 Å². The first-order valence-corrected chi connectivity index (χ1v) is 7.44. The lowest BCUT2D eigenvalue weighted by atomic mass is 9.98. The molecule has 0 fully saturated rings. The van der Waals surface area contributed by atoms with E-state index in [0.717, 1.165) is 17.5 Å². The molecule has 1 unspecified atom stereocenters. The van der Waals surface area contributed by atoms with E-state index < -0.39 is 0 Å². The van der Waals surface area contributed by atoms with E-state index in [-0.39, 0.29) is 5.82 Å². The summed E-state index contributed by atoms with van der Waals surface area (Å²) in [7, 11) is 0. The molecular weight excluding hydrogens is 237 g/mol. The first kappa shape index (κ1) is 18.1. The summed E-state index contributed by atoms with van der Waals surface area (Å²) in [5.41, 5.74) is 1.87. The highest BCUT2D eigenvalue weighted by atomic mass is 19.1. The molecule has 0 saturated heterocycles. The first-order chi connectivity index (χ1) is 8.90. The van der Waals surface area contributed by atoms with Gasteiger partial charge in [-0.15, -0.1) is 0 Å². The van der Waals surface area contributed by atoms with E-state index in [1.54, 1.807) is 6.07 Å². The van der Waals surface area contributed by atoms with Gasteiger partial charge >= 0.3 is 0 Å². The molecule has 0 saturated carbocycles. The number of nitrogens with one attached hydrogen (secondary N) is 1. The van der Waals surface area contributed by atoms with Crippen molar-refractivity contribution < 1.29 is 4.39 Å². The van der Waals surface area contributed by atoms with Crippen molar-refractivity contribution in [2.45, 2.75) is 72.9 Å². The molecule has 0 aliphatic carbocycles. The Morgan fingerprint density at radius 1 is 1.05 bits per heavy atom. The van der Waals surface area contributed by atoms with E-state index in [4.69, 9.17) is 0 Å². The number of benzene rings is 1. The Labute approximate surface area is 118 Å². The number of halogens is 1. The molecule has 1 N–H and O–H groups in total. The van der Waals surface area contributed by atoms with Crippen molar-refractivity contribution in [1.82, 2.24) is 5.32 Å². The average molecular weight is 267 g/mol. The van der Waals surface area contributed by atoms with Gasteiger partial charge in [-0.05, 0) is 36.5 Å². The normalized spacial score (nSPS) is 12.3. The molecule has 1 aromatic rings. The summed E-state index contributed by atoms with van der Waals surface area (Å²) in [4.78, 5) is 0. The fourth-order valence-corrected chi connectivity index (χ4v) is 2.05. The summed E-state index contributed by atoms with van der Waals surface area (Å²) >= 11 is 0. The number of rotatable bonds is 5. The highest BCUT2D eigenvalue weighted by molar-refractivity contribution is 5.27. The van der Waals surface area contributed by atoms with Crippen LogP contribution in [0.2, 0.25) is 0 Å². The maximum absolute atomic E-state index is 13.9. The molecule has 1 aromatic carbocycles. The van der Waals surface area contributed by atoms with E-state index in [1.807, 2.05) is 26.0 Å². The monoisotopic (exact) mass is 267 g/mol. The third kappa shape index (κ3) is 6.72. The maximum atomic E-state index is 13.9. The molecule has 0 amide bonds. The van der Waals surface area contributed by atoms with Gasteiger partial charge < -0.3 is 5.32 Å². The van der Waals surface area contributed by atoms with Crippen LogP contribution in [0.1, 0.15) is 65.5 Å². The smallest absolute Gasteiger partial charge is 0.126 e. The van der Waals surface area contributed by atoms with Crippen molar-refractivity contribution in [1.29, 1.82) is 0 Å². The van der Waals surface area contributed by atoms with Gasteiger partial charge in [0.15, 0.2) is 0 Å². The SMILES string of the molecule is CC.CC(C)NC(C)Cc1ccc(C(C)C)cc1F. The van der Waals surface area contributed by atoms with Gasteiger partial charge in [0.2, 0.25) is 0 Å². The molecule has 0 aliphatic heterocycles. The van der Waals surface area contributed by atoms with Crippen molar-refractivity contribution in [3.05, 3.63) is 35.1 Å². The predicted molar refractivity (Wildman–Crippen MR) is 83.3 cm³/mol. The first-order valence-electron chi connectivity index (χ1n) is 7.44. The highest BCUT2D eigenvalue weighted by Gasteiger charge is 2.10. The molecule has 1 rings (SSSR count). The zero-order chi connectivity index (χ0) is 15.0. The fraction of sp³-hybridized carbons (Fsp3) is 0.647. The number of hydrogen-bond acceptors (Lipinski definition) is 1. The van der Waals surface area contributed by atoms with E-state index in [1.165, 1.54) is 0 Å². The molecule has 2 heteroatoms. The minimum atomic E-state index is -0.0754. The Kier molecular flexibility index (Phi) is 8.66. The van der Waals surface area contributed by atoms with Gasteiger partial charge in [0.05, 0.1) is 0 Å². The van der Waals surface area contributed by atoms with Gasteiger partial charge in [0, 0.05) is 12.1 Å². The standard InChI is InChI=1S/C15H24FN.C2H6/c1-10(2)13-6-7-14(15(16)9-13)8-12(5)17-11(3)4;1-2/h6-7,9-12,17H,8H2,1-5H3;1-2H3. The number of hydrogen-bond donors (Lipinski definition) is 1. The molecule has 0 spiro atoms. The maximum Gasteiger partial charge on any atom is 0.126 e. The molecular formula is C17H30FN. The van der Waals surface area contributed by atoms with Crippen LogP contribution >= 0.6 is 0 Å². The van der Waals surface area contributed by atoms with Crippen LogP contribution in [0.5, 0.6) is 0 Å². The Bertz CT molecular complexity index is 358. The van der Waals surface area contributed by atoms with Crippen LogP contribution in [0.4, 0.5) is 4.39 Å². The summed E-state index contributed by atoms with van der Waals surface area (Å²) in [5.74, 6) is 0.304. The summed E-state index contributed by atoms with van der Waals surface area (Å²) in [6, 6.07) is 6.36. The van der Waals surface area contributed by atoms with Gasteiger partial charge in [-0.1, -0.05) is 53.7 Å². The minimum Gasteiger partial charge on any atom is -0.312 e. The van der Waals surface area contributed by atoms with Gasteiger partial charge in [-0.25, -0.2) is 4.39 Å². The van der Waals surface area contributed by atoms with Crippen molar-refractivity contribution in [2.24, 2.45) is 0 Å². The zero-order valence-electron chi connectivity index (χ0n) is 13.5. The molecule has 110 valence electrons. The zero-order valence-corrected chi connectivity index (χ0v) is 13.5. The van der Waals surface area contributed by atoms with Crippen LogP contribution in [-0.4, -0.2) is 12.1 Å². The fourth-order valence-electron chi connectivity index (χ4n) is 2.05. The van der Waals surface area contributed by atoms with E-state index in [2.05, 4.69) is 39.9 Å². The third-order valence-corrected chi connectivity index (χ3v) is 2.89. The van der Waals surface area contributed by atoms with Crippen molar-refractivity contribution in [2.75, 3.05) is 0 Å². The van der Waals surface area contributed by atoms with Gasteiger partial charge in [-0.3, -0.25) is 0 Å². The molecule has 0 radical (unpaired) electrons. The Morgan fingerprint density at radius 2 is 1.63 bits per heavy atom.